The fraction of sp³-hybridized carbons (Fsp3) is 0.588. The molecule has 1 aliphatic rings. The number of alkyl halides is 3. The Morgan fingerprint density at radius 1 is 1.42 bits per heavy atom. The Balaban J connectivity index is 2.10. The third-order valence-corrected chi connectivity index (χ3v) is 4.33. The second kappa shape index (κ2) is 7.53. The van der Waals surface area contributed by atoms with Crippen LogP contribution in [0.1, 0.15) is 35.7 Å². The molecule has 0 saturated carbocycles. The Morgan fingerprint density at radius 2 is 2.08 bits per heavy atom. The van der Waals surface area contributed by atoms with Gasteiger partial charge in [-0.1, -0.05) is 19.4 Å². The summed E-state index contributed by atoms with van der Waals surface area (Å²) in [7, 11) is 1.62. The number of carbonyl (C=O) groups excluding carboxylic acids is 1. The Morgan fingerprint density at radius 3 is 2.62 bits per heavy atom. The number of β-amino-alcohol motifs (C(OH)–C–C–N with tert-alkyl or cyclic N) is 1. The van der Waals surface area contributed by atoms with Crippen molar-refractivity contribution >= 4 is 5.91 Å². The normalized spacial score (nSPS) is 17.4. The van der Waals surface area contributed by atoms with Gasteiger partial charge in [0.05, 0.1) is 11.7 Å². The number of amides is 1. The lowest BCUT2D eigenvalue weighted by Crippen LogP contribution is -2.55. The summed E-state index contributed by atoms with van der Waals surface area (Å²) in [6, 6.07) is 4.43. The molecule has 0 unspecified atom stereocenters. The zero-order chi connectivity index (χ0) is 17.9. The first-order valence-corrected chi connectivity index (χ1v) is 8.07. The topological polar surface area (TPSA) is 43.8 Å². The van der Waals surface area contributed by atoms with Crippen molar-refractivity contribution in [2.75, 3.05) is 26.7 Å². The van der Waals surface area contributed by atoms with Crippen molar-refractivity contribution in [3.05, 3.63) is 35.4 Å². The number of aliphatic hydroxyl groups excluding tert-OH is 1. The number of carbonyl (C=O) groups is 1. The standard InChI is InChI=1S/C17H23F3N2O2/c1-3-5-14(9-22-10-15(23)11-22)21(2)16(24)12-6-4-7-13(8-12)17(18,19)20/h4,6-8,14-15,23H,3,5,9-11H2,1-2H3/t14-/m0/s1. The molecule has 134 valence electrons. The number of benzene rings is 1. The van der Waals surface area contributed by atoms with E-state index >= 15 is 0 Å². The summed E-state index contributed by atoms with van der Waals surface area (Å²) in [6.07, 6.45) is -3.17. The smallest absolute Gasteiger partial charge is 0.390 e. The minimum absolute atomic E-state index is 0.0390. The van der Waals surface area contributed by atoms with Gasteiger partial charge in [-0.05, 0) is 24.6 Å². The molecule has 1 saturated heterocycles. The van der Waals surface area contributed by atoms with Gasteiger partial charge >= 0.3 is 6.18 Å². The number of nitrogens with zero attached hydrogens (tertiary/aromatic N) is 2. The largest absolute Gasteiger partial charge is 0.416 e. The number of likely N-dealkylation sites (N-methyl/N-ethyl adjacent to an activating group) is 1. The molecule has 1 fully saturated rings. The maximum absolute atomic E-state index is 12.8. The highest BCUT2D eigenvalue weighted by Crippen LogP contribution is 2.30. The van der Waals surface area contributed by atoms with Crippen LogP contribution in [0.25, 0.3) is 0 Å². The molecule has 1 aliphatic heterocycles. The molecule has 24 heavy (non-hydrogen) atoms. The minimum Gasteiger partial charge on any atom is -0.390 e. The van der Waals surface area contributed by atoms with Crippen LogP contribution in [0.4, 0.5) is 13.2 Å². The van der Waals surface area contributed by atoms with Crippen LogP contribution in [0.3, 0.4) is 0 Å². The molecule has 4 nitrogen and oxygen atoms in total. The fourth-order valence-corrected chi connectivity index (χ4v) is 2.93. The number of hydrogen-bond acceptors (Lipinski definition) is 3. The highest BCUT2D eigenvalue weighted by molar-refractivity contribution is 5.94. The summed E-state index contributed by atoms with van der Waals surface area (Å²) in [5, 5.41) is 9.36. The number of aliphatic hydroxyl groups is 1. The molecule has 1 heterocycles. The summed E-state index contributed by atoms with van der Waals surface area (Å²) in [6.45, 7) is 3.77. The molecular weight excluding hydrogens is 321 g/mol. The van der Waals surface area contributed by atoms with Crippen molar-refractivity contribution in [2.45, 2.75) is 38.1 Å². The van der Waals surface area contributed by atoms with E-state index in [0.29, 0.717) is 19.6 Å². The number of likely N-dealkylation sites (tertiary alicyclic amines) is 1. The molecule has 1 atom stereocenters. The van der Waals surface area contributed by atoms with Crippen molar-refractivity contribution in [1.82, 2.24) is 9.80 Å². The van der Waals surface area contributed by atoms with Gasteiger partial charge in [-0.3, -0.25) is 9.69 Å². The maximum atomic E-state index is 12.8. The summed E-state index contributed by atoms with van der Waals surface area (Å²) in [5.74, 6) is -0.416. The van der Waals surface area contributed by atoms with E-state index in [1.807, 2.05) is 11.8 Å². The second-order valence-electron chi connectivity index (χ2n) is 6.31. The van der Waals surface area contributed by atoms with E-state index in [-0.39, 0.29) is 17.7 Å². The predicted molar refractivity (Wildman–Crippen MR) is 84.7 cm³/mol. The predicted octanol–water partition coefficient (Wildman–Crippen LogP) is 2.62. The summed E-state index contributed by atoms with van der Waals surface area (Å²) >= 11 is 0. The van der Waals surface area contributed by atoms with Crippen molar-refractivity contribution in [1.29, 1.82) is 0 Å². The van der Waals surface area contributed by atoms with E-state index in [2.05, 4.69) is 0 Å². The van der Waals surface area contributed by atoms with Crippen LogP contribution >= 0.6 is 0 Å². The summed E-state index contributed by atoms with van der Waals surface area (Å²) in [4.78, 5) is 16.1. The highest BCUT2D eigenvalue weighted by Gasteiger charge is 2.32. The zero-order valence-corrected chi connectivity index (χ0v) is 13.9. The van der Waals surface area contributed by atoms with Crippen LogP contribution < -0.4 is 0 Å². The number of rotatable bonds is 6. The lowest BCUT2D eigenvalue weighted by molar-refractivity contribution is -0.137. The van der Waals surface area contributed by atoms with Crippen LogP contribution in [-0.4, -0.2) is 59.6 Å². The Labute approximate surface area is 139 Å². The van der Waals surface area contributed by atoms with Crippen molar-refractivity contribution in [3.8, 4) is 0 Å². The molecule has 1 aromatic carbocycles. The van der Waals surface area contributed by atoms with Crippen molar-refractivity contribution in [2.24, 2.45) is 0 Å². The third-order valence-electron chi connectivity index (χ3n) is 4.33. The molecule has 1 amide bonds. The second-order valence-corrected chi connectivity index (χ2v) is 6.31. The SMILES string of the molecule is CCC[C@@H](CN1CC(O)C1)N(C)C(=O)c1cccc(C(F)(F)F)c1. The van der Waals surface area contributed by atoms with Gasteiger partial charge in [0.25, 0.3) is 5.91 Å². The van der Waals surface area contributed by atoms with E-state index in [9.17, 15) is 23.1 Å². The van der Waals surface area contributed by atoms with Gasteiger partial charge < -0.3 is 10.0 Å². The van der Waals surface area contributed by atoms with E-state index in [4.69, 9.17) is 0 Å². The molecule has 1 aromatic rings. The molecule has 0 bridgehead atoms. The molecule has 0 radical (unpaired) electrons. The monoisotopic (exact) mass is 344 g/mol. The first-order valence-electron chi connectivity index (χ1n) is 8.07. The highest BCUT2D eigenvalue weighted by atomic mass is 19.4. The van der Waals surface area contributed by atoms with Crippen LogP contribution in [0.15, 0.2) is 24.3 Å². The van der Waals surface area contributed by atoms with Gasteiger partial charge in [-0.15, -0.1) is 0 Å². The van der Waals surface area contributed by atoms with Gasteiger partial charge in [0, 0.05) is 38.3 Å². The molecule has 0 spiro atoms. The van der Waals surface area contributed by atoms with Gasteiger partial charge in [-0.25, -0.2) is 0 Å². The van der Waals surface area contributed by atoms with Crippen LogP contribution in [0.2, 0.25) is 0 Å². The number of hydrogen-bond donors (Lipinski definition) is 1. The molecule has 7 heteroatoms. The molecule has 1 N–H and O–H groups in total. The Bertz CT molecular complexity index is 571. The fourth-order valence-electron chi connectivity index (χ4n) is 2.93. The van der Waals surface area contributed by atoms with Gasteiger partial charge in [0.2, 0.25) is 0 Å². The first kappa shape index (κ1) is 18.7. The molecule has 2 rings (SSSR count). The Kier molecular flexibility index (Phi) is 5.87. The first-order chi connectivity index (χ1) is 11.2. The third kappa shape index (κ3) is 4.48. The summed E-state index contributed by atoms with van der Waals surface area (Å²) < 4.78 is 38.5. The van der Waals surface area contributed by atoms with E-state index in [0.717, 1.165) is 25.0 Å². The van der Waals surface area contributed by atoms with Crippen LogP contribution in [0, 0.1) is 0 Å². The lowest BCUT2D eigenvalue weighted by atomic mass is 10.0. The van der Waals surface area contributed by atoms with Gasteiger partial charge in [0.15, 0.2) is 0 Å². The van der Waals surface area contributed by atoms with E-state index < -0.39 is 17.6 Å². The van der Waals surface area contributed by atoms with Crippen molar-refractivity contribution < 1.29 is 23.1 Å². The molecule has 0 aliphatic carbocycles. The van der Waals surface area contributed by atoms with E-state index in [1.54, 1.807) is 7.05 Å². The van der Waals surface area contributed by atoms with Crippen LogP contribution in [-0.2, 0) is 6.18 Å². The van der Waals surface area contributed by atoms with Crippen molar-refractivity contribution in [3.63, 3.8) is 0 Å². The average molecular weight is 344 g/mol. The number of halogens is 3. The summed E-state index contributed by atoms with van der Waals surface area (Å²) in [5.41, 5.74) is -0.781. The van der Waals surface area contributed by atoms with Gasteiger partial charge in [0.1, 0.15) is 0 Å². The zero-order valence-electron chi connectivity index (χ0n) is 13.9. The van der Waals surface area contributed by atoms with Crippen LogP contribution in [0.5, 0.6) is 0 Å². The molecule has 0 aromatic heterocycles. The minimum atomic E-state index is -4.47. The lowest BCUT2D eigenvalue weighted by Gasteiger charge is -2.40. The van der Waals surface area contributed by atoms with E-state index in [1.165, 1.54) is 17.0 Å². The average Bonchev–Trinajstić information content (AvgIpc) is 2.50. The quantitative estimate of drug-likeness (QED) is 0.863. The van der Waals surface area contributed by atoms with Gasteiger partial charge in [-0.2, -0.15) is 13.2 Å². The Hall–Kier alpha value is -1.60. The maximum Gasteiger partial charge on any atom is 0.416 e. The molecular formula is C17H23F3N2O2.